The summed E-state index contributed by atoms with van der Waals surface area (Å²) in [5.41, 5.74) is 2.14. The Morgan fingerprint density at radius 1 is 1.47 bits per heavy atom. The number of β-amino-alcohol motifs (C(OH)–C–C–N with tert-alkyl or cyclic N) is 1. The maximum absolute atomic E-state index is 10.0. The Morgan fingerprint density at radius 3 is 3.00 bits per heavy atom. The van der Waals surface area contributed by atoms with Crippen LogP contribution in [0, 0.1) is 3.57 Å². The lowest BCUT2D eigenvalue weighted by molar-refractivity contribution is 0.107. The molecule has 3 rings (SSSR count). The SMILES string of the molecule is CN1Cc2c(cc3c(c2I)OCO3)C(O)C1.Cl. The average Bonchev–Trinajstić information content (AvgIpc) is 2.68. The smallest absolute Gasteiger partial charge is 0.231 e. The van der Waals surface area contributed by atoms with Crippen LogP contribution in [-0.4, -0.2) is 30.4 Å². The molecule has 0 fully saturated rings. The highest BCUT2D eigenvalue weighted by Crippen LogP contribution is 2.43. The van der Waals surface area contributed by atoms with E-state index in [1.165, 1.54) is 0 Å². The zero-order chi connectivity index (χ0) is 11.3. The molecule has 1 unspecified atom stereocenters. The number of rotatable bonds is 0. The summed E-state index contributed by atoms with van der Waals surface area (Å²) >= 11 is 2.27. The van der Waals surface area contributed by atoms with Gasteiger partial charge in [0, 0.05) is 13.1 Å². The zero-order valence-electron chi connectivity index (χ0n) is 9.27. The molecule has 0 saturated heterocycles. The molecule has 0 spiro atoms. The first-order valence-electron chi connectivity index (χ1n) is 5.14. The summed E-state index contributed by atoms with van der Waals surface area (Å²) in [6.45, 7) is 1.80. The lowest BCUT2D eigenvalue weighted by Crippen LogP contribution is -2.30. The summed E-state index contributed by atoms with van der Waals surface area (Å²) in [5.74, 6) is 1.58. The van der Waals surface area contributed by atoms with Gasteiger partial charge in [0.15, 0.2) is 11.5 Å². The van der Waals surface area contributed by atoms with Crippen molar-refractivity contribution in [2.75, 3.05) is 20.4 Å². The summed E-state index contributed by atoms with van der Waals surface area (Å²) in [5, 5.41) is 10.0. The van der Waals surface area contributed by atoms with E-state index in [0.29, 0.717) is 6.54 Å². The number of aliphatic hydroxyl groups excluding tert-OH is 1. The van der Waals surface area contributed by atoms with Crippen LogP contribution in [0.15, 0.2) is 6.07 Å². The number of fused-ring (bicyclic) bond motifs is 2. The maximum atomic E-state index is 10.0. The summed E-state index contributed by atoms with van der Waals surface area (Å²) in [4.78, 5) is 2.11. The lowest BCUT2D eigenvalue weighted by atomic mass is 9.97. The van der Waals surface area contributed by atoms with Crippen molar-refractivity contribution < 1.29 is 14.6 Å². The Kier molecular flexibility index (Phi) is 3.72. The molecule has 0 bridgehead atoms. The second-order valence-electron chi connectivity index (χ2n) is 4.20. The maximum Gasteiger partial charge on any atom is 0.231 e. The van der Waals surface area contributed by atoms with E-state index in [0.717, 1.165) is 32.7 Å². The van der Waals surface area contributed by atoms with E-state index in [-0.39, 0.29) is 19.2 Å². The van der Waals surface area contributed by atoms with E-state index in [4.69, 9.17) is 9.47 Å². The van der Waals surface area contributed by atoms with Crippen LogP contribution in [-0.2, 0) is 6.54 Å². The molecule has 0 amide bonds. The van der Waals surface area contributed by atoms with E-state index in [1.807, 2.05) is 13.1 Å². The Labute approximate surface area is 119 Å². The van der Waals surface area contributed by atoms with Gasteiger partial charge in [0.2, 0.25) is 6.79 Å². The van der Waals surface area contributed by atoms with E-state index < -0.39 is 6.10 Å². The van der Waals surface area contributed by atoms with E-state index in [1.54, 1.807) is 0 Å². The van der Waals surface area contributed by atoms with Gasteiger partial charge in [-0.2, -0.15) is 0 Å². The van der Waals surface area contributed by atoms with Crippen molar-refractivity contribution in [3.05, 3.63) is 20.8 Å². The van der Waals surface area contributed by atoms with Crippen LogP contribution in [0.1, 0.15) is 17.2 Å². The van der Waals surface area contributed by atoms with Crippen LogP contribution in [0.4, 0.5) is 0 Å². The predicted octanol–water partition coefficient (Wildman–Crippen LogP) is 1.92. The molecule has 0 aromatic heterocycles. The average molecular weight is 370 g/mol. The van der Waals surface area contributed by atoms with E-state index >= 15 is 0 Å². The number of hydrogen-bond donors (Lipinski definition) is 1. The molecule has 2 aliphatic rings. The fraction of sp³-hybridized carbons (Fsp3) is 0.455. The van der Waals surface area contributed by atoms with Gasteiger partial charge in [0.05, 0.1) is 9.67 Å². The third-order valence-corrected chi connectivity index (χ3v) is 4.15. The van der Waals surface area contributed by atoms with Gasteiger partial charge >= 0.3 is 0 Å². The number of aliphatic hydroxyl groups is 1. The summed E-state index contributed by atoms with van der Waals surface area (Å²) in [6.07, 6.45) is -0.434. The monoisotopic (exact) mass is 369 g/mol. The third-order valence-electron chi connectivity index (χ3n) is 3.01. The minimum absolute atomic E-state index is 0. The van der Waals surface area contributed by atoms with Crippen molar-refractivity contribution in [2.24, 2.45) is 0 Å². The third kappa shape index (κ3) is 2.09. The molecular formula is C11H13ClINO3. The zero-order valence-corrected chi connectivity index (χ0v) is 12.2. The fourth-order valence-electron chi connectivity index (χ4n) is 2.25. The van der Waals surface area contributed by atoms with Crippen LogP contribution >= 0.6 is 35.0 Å². The van der Waals surface area contributed by atoms with Crippen LogP contribution in [0.3, 0.4) is 0 Å². The molecule has 4 nitrogen and oxygen atoms in total. The molecule has 6 heteroatoms. The molecule has 2 aliphatic heterocycles. The molecule has 1 aromatic rings. The molecule has 94 valence electrons. The Bertz CT molecular complexity index is 455. The molecule has 0 radical (unpaired) electrons. The molecular weight excluding hydrogens is 356 g/mol. The topological polar surface area (TPSA) is 41.9 Å². The first kappa shape index (κ1) is 13.2. The van der Waals surface area contributed by atoms with E-state index in [9.17, 15) is 5.11 Å². The van der Waals surface area contributed by atoms with Gasteiger partial charge in [0.1, 0.15) is 0 Å². The van der Waals surface area contributed by atoms with Gasteiger partial charge < -0.3 is 14.6 Å². The van der Waals surface area contributed by atoms with E-state index in [2.05, 4.69) is 27.5 Å². The number of hydrogen-bond acceptors (Lipinski definition) is 4. The minimum atomic E-state index is -0.434. The second kappa shape index (κ2) is 4.79. The number of likely N-dealkylation sites (N-methyl/N-ethyl adjacent to an activating group) is 1. The highest BCUT2D eigenvalue weighted by Gasteiger charge is 2.29. The first-order valence-corrected chi connectivity index (χ1v) is 6.22. The Hall–Kier alpha value is -0.240. The van der Waals surface area contributed by atoms with Gasteiger partial charge in [-0.3, -0.25) is 4.90 Å². The number of benzene rings is 1. The van der Waals surface area contributed by atoms with Crippen LogP contribution in [0.2, 0.25) is 0 Å². The van der Waals surface area contributed by atoms with Gasteiger partial charge in [-0.05, 0) is 46.8 Å². The van der Waals surface area contributed by atoms with Crippen molar-refractivity contribution in [3.63, 3.8) is 0 Å². The quantitative estimate of drug-likeness (QED) is 0.710. The lowest BCUT2D eigenvalue weighted by Gasteiger charge is -2.30. The van der Waals surface area contributed by atoms with Gasteiger partial charge in [-0.15, -0.1) is 12.4 Å². The van der Waals surface area contributed by atoms with Crippen LogP contribution < -0.4 is 9.47 Å². The standard InChI is InChI=1S/C11H12INO3.ClH/c1-13-3-7-6(8(14)4-13)2-9-11(10(7)12)16-5-15-9;/h2,8,14H,3-5H2,1H3;1H. The van der Waals surface area contributed by atoms with Crippen LogP contribution in [0.5, 0.6) is 11.5 Å². The van der Waals surface area contributed by atoms with Crippen molar-refractivity contribution in [1.82, 2.24) is 4.90 Å². The van der Waals surface area contributed by atoms with Crippen molar-refractivity contribution in [3.8, 4) is 11.5 Å². The summed E-state index contributed by atoms with van der Waals surface area (Å²) in [7, 11) is 2.01. The van der Waals surface area contributed by atoms with Gasteiger partial charge in [-0.25, -0.2) is 0 Å². The van der Waals surface area contributed by atoms with Crippen molar-refractivity contribution in [1.29, 1.82) is 0 Å². The molecule has 1 atom stereocenters. The van der Waals surface area contributed by atoms with Crippen molar-refractivity contribution >= 4 is 35.0 Å². The molecule has 2 heterocycles. The predicted molar refractivity (Wildman–Crippen MR) is 73.8 cm³/mol. The number of halogens is 2. The Morgan fingerprint density at radius 2 is 2.24 bits per heavy atom. The summed E-state index contributed by atoms with van der Waals surface area (Å²) in [6, 6.07) is 1.91. The molecule has 1 N–H and O–H groups in total. The largest absolute Gasteiger partial charge is 0.454 e. The highest BCUT2D eigenvalue weighted by atomic mass is 127. The van der Waals surface area contributed by atoms with Crippen molar-refractivity contribution in [2.45, 2.75) is 12.6 Å². The Balaban J connectivity index is 0.00000108. The first-order chi connectivity index (χ1) is 7.66. The van der Waals surface area contributed by atoms with Crippen LogP contribution in [0.25, 0.3) is 0 Å². The molecule has 0 saturated carbocycles. The minimum Gasteiger partial charge on any atom is -0.454 e. The highest BCUT2D eigenvalue weighted by molar-refractivity contribution is 14.1. The molecule has 1 aromatic carbocycles. The molecule has 0 aliphatic carbocycles. The summed E-state index contributed by atoms with van der Waals surface area (Å²) < 4.78 is 11.9. The van der Waals surface area contributed by atoms with Gasteiger partial charge in [0.25, 0.3) is 0 Å². The second-order valence-corrected chi connectivity index (χ2v) is 5.28. The number of ether oxygens (including phenoxy) is 2. The number of nitrogens with zero attached hydrogens (tertiary/aromatic N) is 1. The normalized spacial score (nSPS) is 21.9. The fourth-order valence-corrected chi connectivity index (χ4v) is 3.15. The molecule has 17 heavy (non-hydrogen) atoms. The van der Waals surface area contributed by atoms with Gasteiger partial charge in [-0.1, -0.05) is 0 Å².